The number of amides is 1. The van der Waals surface area contributed by atoms with Crippen LogP contribution in [0.25, 0.3) is 0 Å². The zero-order chi connectivity index (χ0) is 15.1. The summed E-state index contributed by atoms with van der Waals surface area (Å²) in [6.07, 6.45) is 4.76. The fourth-order valence-electron chi connectivity index (χ4n) is 1.39. The number of pyridine rings is 1. The number of ether oxygens (including phenoxy) is 1. The number of aromatic nitrogens is 1. The average Bonchev–Trinajstić information content (AvgIpc) is 2.49. The second-order valence-corrected chi connectivity index (χ2v) is 4.79. The monoisotopic (exact) mass is 323 g/mol. The molecule has 7 heteroatoms. The molecule has 0 spiro atoms. The predicted octanol–water partition coefficient (Wildman–Crippen LogP) is 2.92. The Morgan fingerprint density at radius 3 is 3.00 bits per heavy atom. The van der Waals surface area contributed by atoms with Crippen molar-refractivity contribution in [1.29, 1.82) is 0 Å². The van der Waals surface area contributed by atoms with Gasteiger partial charge in [-0.1, -0.05) is 29.3 Å². The minimum absolute atomic E-state index is 0.218. The molecule has 0 radical (unpaired) electrons. The molecule has 0 aliphatic carbocycles. The molecule has 1 amide bonds. The van der Waals surface area contributed by atoms with Crippen molar-refractivity contribution in [1.82, 2.24) is 10.4 Å². The molecule has 0 aliphatic heterocycles. The van der Waals surface area contributed by atoms with E-state index in [-0.39, 0.29) is 6.61 Å². The van der Waals surface area contributed by atoms with Crippen LogP contribution in [-0.4, -0.2) is 23.7 Å². The Labute approximate surface area is 131 Å². The zero-order valence-electron chi connectivity index (χ0n) is 10.8. The first-order valence-corrected chi connectivity index (χ1v) is 6.70. The molecule has 1 aromatic carbocycles. The number of rotatable bonds is 5. The lowest BCUT2D eigenvalue weighted by Gasteiger charge is -2.07. The maximum atomic E-state index is 11.6. The average molecular weight is 324 g/mol. The molecule has 2 rings (SSSR count). The Morgan fingerprint density at radius 2 is 2.24 bits per heavy atom. The molecule has 0 bridgehead atoms. The van der Waals surface area contributed by atoms with Crippen molar-refractivity contribution in [3.05, 3.63) is 58.3 Å². The van der Waals surface area contributed by atoms with Gasteiger partial charge in [0.1, 0.15) is 5.75 Å². The first-order valence-electron chi connectivity index (χ1n) is 5.95. The zero-order valence-corrected chi connectivity index (χ0v) is 12.3. The van der Waals surface area contributed by atoms with E-state index >= 15 is 0 Å². The summed E-state index contributed by atoms with van der Waals surface area (Å²) in [4.78, 5) is 15.5. The van der Waals surface area contributed by atoms with Gasteiger partial charge in [0.2, 0.25) is 0 Å². The van der Waals surface area contributed by atoms with Crippen LogP contribution in [0.1, 0.15) is 5.56 Å². The van der Waals surface area contributed by atoms with E-state index in [1.165, 1.54) is 12.3 Å². The molecule has 0 unspecified atom stereocenters. The minimum atomic E-state index is -0.411. The summed E-state index contributed by atoms with van der Waals surface area (Å²) in [5, 5.41) is 4.65. The van der Waals surface area contributed by atoms with Gasteiger partial charge in [0.25, 0.3) is 5.91 Å². The van der Waals surface area contributed by atoms with Crippen molar-refractivity contribution in [3.8, 4) is 5.75 Å². The van der Waals surface area contributed by atoms with Crippen LogP contribution in [0.2, 0.25) is 10.0 Å². The first kappa shape index (κ1) is 15.3. The Hall–Kier alpha value is -2.11. The third kappa shape index (κ3) is 5.06. The summed E-state index contributed by atoms with van der Waals surface area (Å²) in [5.41, 5.74) is 3.11. The molecular weight excluding hydrogens is 313 g/mol. The molecule has 0 fully saturated rings. The van der Waals surface area contributed by atoms with Gasteiger partial charge in [0, 0.05) is 29.0 Å². The van der Waals surface area contributed by atoms with E-state index < -0.39 is 5.91 Å². The van der Waals surface area contributed by atoms with Crippen LogP contribution in [0.3, 0.4) is 0 Å². The number of hydrazone groups is 1. The Kier molecular flexibility index (Phi) is 5.54. The van der Waals surface area contributed by atoms with Crippen molar-refractivity contribution in [3.63, 3.8) is 0 Å². The van der Waals surface area contributed by atoms with Gasteiger partial charge >= 0.3 is 0 Å². The van der Waals surface area contributed by atoms with Crippen molar-refractivity contribution >= 4 is 35.3 Å². The van der Waals surface area contributed by atoms with Gasteiger partial charge in [-0.3, -0.25) is 9.78 Å². The van der Waals surface area contributed by atoms with Gasteiger partial charge in [-0.05, 0) is 18.2 Å². The van der Waals surface area contributed by atoms with Crippen LogP contribution in [0.5, 0.6) is 5.75 Å². The van der Waals surface area contributed by atoms with E-state index in [4.69, 9.17) is 27.9 Å². The number of nitrogens with one attached hydrogen (secondary N) is 1. The van der Waals surface area contributed by atoms with E-state index in [0.29, 0.717) is 15.8 Å². The van der Waals surface area contributed by atoms with Gasteiger partial charge in [-0.25, -0.2) is 5.43 Å². The molecule has 1 aromatic heterocycles. The summed E-state index contributed by atoms with van der Waals surface area (Å²) in [6, 6.07) is 8.35. The molecule has 0 saturated heterocycles. The van der Waals surface area contributed by atoms with Crippen LogP contribution < -0.4 is 10.2 Å². The fourth-order valence-corrected chi connectivity index (χ4v) is 1.73. The van der Waals surface area contributed by atoms with Gasteiger partial charge < -0.3 is 4.74 Å². The molecule has 2 aromatic rings. The lowest BCUT2D eigenvalue weighted by molar-refractivity contribution is -0.123. The molecule has 0 aliphatic rings. The van der Waals surface area contributed by atoms with Crippen molar-refractivity contribution in [2.75, 3.05) is 6.61 Å². The van der Waals surface area contributed by atoms with E-state index in [1.54, 1.807) is 30.6 Å². The number of halogens is 2. The second-order valence-electron chi connectivity index (χ2n) is 3.94. The molecule has 21 heavy (non-hydrogen) atoms. The fraction of sp³-hybridized carbons (Fsp3) is 0.0714. The van der Waals surface area contributed by atoms with E-state index in [1.807, 2.05) is 6.07 Å². The predicted molar refractivity (Wildman–Crippen MR) is 81.9 cm³/mol. The Balaban J connectivity index is 1.82. The van der Waals surface area contributed by atoms with Crippen LogP contribution in [0, 0.1) is 0 Å². The van der Waals surface area contributed by atoms with Gasteiger partial charge in [-0.2, -0.15) is 5.10 Å². The number of carbonyl (C=O) groups is 1. The maximum Gasteiger partial charge on any atom is 0.277 e. The van der Waals surface area contributed by atoms with Crippen LogP contribution in [0.15, 0.2) is 47.8 Å². The summed E-state index contributed by atoms with van der Waals surface area (Å²) in [7, 11) is 0. The van der Waals surface area contributed by atoms with Crippen molar-refractivity contribution < 1.29 is 9.53 Å². The number of nitrogens with zero attached hydrogens (tertiary/aromatic N) is 2. The van der Waals surface area contributed by atoms with Crippen LogP contribution in [0.4, 0.5) is 0 Å². The third-order valence-electron chi connectivity index (χ3n) is 2.34. The van der Waals surface area contributed by atoms with Gasteiger partial charge in [-0.15, -0.1) is 0 Å². The summed E-state index contributed by atoms with van der Waals surface area (Å²) in [5.74, 6) is -0.0678. The summed E-state index contributed by atoms with van der Waals surface area (Å²) in [6.45, 7) is -0.218. The maximum absolute atomic E-state index is 11.6. The summed E-state index contributed by atoms with van der Waals surface area (Å²) < 4.78 is 5.27. The lowest BCUT2D eigenvalue weighted by Crippen LogP contribution is -2.24. The highest BCUT2D eigenvalue weighted by atomic mass is 35.5. The number of hydrogen-bond acceptors (Lipinski definition) is 4. The van der Waals surface area contributed by atoms with Gasteiger partial charge in [0.15, 0.2) is 6.61 Å². The number of benzene rings is 1. The highest BCUT2D eigenvalue weighted by Gasteiger charge is 2.05. The molecule has 0 atom stereocenters. The molecule has 108 valence electrons. The SMILES string of the molecule is O=C(COc1cc(Cl)ccc1Cl)N/N=C/c1cccnc1. The molecule has 1 heterocycles. The van der Waals surface area contributed by atoms with E-state index in [0.717, 1.165) is 5.56 Å². The van der Waals surface area contributed by atoms with Crippen molar-refractivity contribution in [2.24, 2.45) is 5.10 Å². The summed E-state index contributed by atoms with van der Waals surface area (Å²) >= 11 is 11.7. The van der Waals surface area contributed by atoms with Crippen LogP contribution >= 0.6 is 23.2 Å². The quantitative estimate of drug-likeness (QED) is 0.679. The largest absolute Gasteiger partial charge is 0.482 e. The first-order chi connectivity index (χ1) is 10.1. The third-order valence-corrected chi connectivity index (χ3v) is 2.89. The normalized spacial score (nSPS) is 10.6. The molecule has 5 nitrogen and oxygen atoms in total. The Bertz CT molecular complexity index is 648. The van der Waals surface area contributed by atoms with E-state index in [2.05, 4.69) is 15.5 Å². The Morgan fingerprint density at radius 1 is 1.38 bits per heavy atom. The lowest BCUT2D eigenvalue weighted by atomic mass is 10.3. The van der Waals surface area contributed by atoms with Crippen molar-refractivity contribution in [2.45, 2.75) is 0 Å². The smallest absolute Gasteiger partial charge is 0.277 e. The number of hydrogen-bond donors (Lipinski definition) is 1. The molecule has 1 N–H and O–H groups in total. The van der Waals surface area contributed by atoms with Crippen LogP contribution in [-0.2, 0) is 4.79 Å². The molecule has 0 saturated carbocycles. The molecular formula is C14H11Cl2N3O2. The highest BCUT2D eigenvalue weighted by molar-refractivity contribution is 6.34. The highest BCUT2D eigenvalue weighted by Crippen LogP contribution is 2.27. The standard InChI is InChI=1S/C14H11Cl2N3O2/c15-11-3-4-12(16)13(6-11)21-9-14(20)19-18-8-10-2-1-5-17-7-10/h1-8H,9H2,(H,19,20)/b18-8+. The van der Waals surface area contributed by atoms with E-state index in [9.17, 15) is 4.79 Å². The number of carbonyl (C=O) groups excluding carboxylic acids is 1. The van der Waals surface area contributed by atoms with Gasteiger partial charge in [0.05, 0.1) is 11.2 Å². The minimum Gasteiger partial charge on any atom is -0.482 e. The second kappa shape index (κ2) is 7.61. The topological polar surface area (TPSA) is 63.6 Å².